The number of nitrogens with one attached hydrogen (secondary N) is 1. The summed E-state index contributed by atoms with van der Waals surface area (Å²) in [7, 11) is 0. The van der Waals surface area contributed by atoms with E-state index in [1.807, 2.05) is 37.3 Å². The number of para-hydroxylation sites is 1. The number of anilines is 1. The van der Waals surface area contributed by atoms with Gasteiger partial charge >= 0.3 is 5.97 Å². The van der Waals surface area contributed by atoms with Crippen molar-refractivity contribution >= 4 is 34.9 Å². The summed E-state index contributed by atoms with van der Waals surface area (Å²) >= 11 is 12.3. The van der Waals surface area contributed by atoms with Crippen LogP contribution in [-0.4, -0.2) is 12.6 Å². The Morgan fingerprint density at radius 1 is 1.23 bits per heavy atom. The maximum Gasteiger partial charge on any atom is 0.340 e. The predicted molar refractivity (Wildman–Crippen MR) is 105 cm³/mol. The lowest BCUT2D eigenvalue weighted by atomic mass is 9.76. The first-order valence-electron chi connectivity index (χ1n) is 8.78. The summed E-state index contributed by atoms with van der Waals surface area (Å²) in [5.74, 6) is 0.336. The molecule has 3 nitrogen and oxygen atoms in total. The second kappa shape index (κ2) is 6.98. The first-order valence-corrected chi connectivity index (χ1v) is 9.54. The Labute approximate surface area is 163 Å². The lowest BCUT2D eigenvalue weighted by molar-refractivity contribution is 0.0527. The minimum absolute atomic E-state index is 0.0489. The molecule has 0 aromatic heterocycles. The number of hydrogen-bond donors (Lipinski definition) is 1. The molecule has 0 spiro atoms. The largest absolute Gasteiger partial charge is 0.462 e. The van der Waals surface area contributed by atoms with Crippen molar-refractivity contribution in [3.05, 3.63) is 75.3 Å². The molecule has 3 atom stereocenters. The maximum absolute atomic E-state index is 12.4. The number of benzene rings is 2. The number of fused-ring (bicyclic) bond motifs is 3. The number of carbonyl (C=O) groups is 1. The first-order chi connectivity index (χ1) is 12.6. The zero-order chi connectivity index (χ0) is 18.3. The number of hydrogen-bond acceptors (Lipinski definition) is 3. The molecule has 0 bridgehead atoms. The third kappa shape index (κ3) is 2.89. The van der Waals surface area contributed by atoms with Crippen LogP contribution in [0.15, 0.2) is 48.6 Å². The third-order valence-electron chi connectivity index (χ3n) is 5.19. The van der Waals surface area contributed by atoms with Gasteiger partial charge in [-0.25, -0.2) is 4.79 Å². The van der Waals surface area contributed by atoms with Gasteiger partial charge in [0.25, 0.3) is 0 Å². The molecule has 0 saturated heterocycles. The fourth-order valence-electron chi connectivity index (χ4n) is 4.04. The second-order valence-electron chi connectivity index (χ2n) is 6.64. The number of carbonyl (C=O) groups excluding carboxylic acids is 1. The third-order valence-corrected chi connectivity index (χ3v) is 5.93. The zero-order valence-corrected chi connectivity index (χ0v) is 15.8. The van der Waals surface area contributed by atoms with Gasteiger partial charge in [0, 0.05) is 5.92 Å². The summed E-state index contributed by atoms with van der Waals surface area (Å²) in [6, 6.07) is 11.6. The molecule has 0 radical (unpaired) electrons. The van der Waals surface area contributed by atoms with E-state index in [1.54, 1.807) is 0 Å². The number of rotatable bonds is 3. The fourth-order valence-corrected chi connectivity index (χ4v) is 4.34. The lowest BCUT2D eigenvalue weighted by Crippen LogP contribution is -2.30. The van der Waals surface area contributed by atoms with E-state index >= 15 is 0 Å². The molecule has 1 aliphatic heterocycles. The summed E-state index contributed by atoms with van der Waals surface area (Å²) in [4.78, 5) is 12.4. The molecule has 0 saturated carbocycles. The summed E-state index contributed by atoms with van der Waals surface area (Å²) < 4.78 is 5.25. The van der Waals surface area contributed by atoms with Crippen LogP contribution >= 0.6 is 23.2 Å². The number of ether oxygens (including phenoxy) is 1. The molecule has 2 aromatic carbocycles. The van der Waals surface area contributed by atoms with Crippen LogP contribution in [0.4, 0.5) is 5.69 Å². The quantitative estimate of drug-likeness (QED) is 0.518. The van der Waals surface area contributed by atoms with Gasteiger partial charge in [0.2, 0.25) is 0 Å². The Morgan fingerprint density at radius 3 is 2.85 bits per heavy atom. The topological polar surface area (TPSA) is 38.3 Å². The van der Waals surface area contributed by atoms with Gasteiger partial charge in [0.15, 0.2) is 0 Å². The van der Waals surface area contributed by atoms with Gasteiger partial charge in [-0.1, -0.05) is 53.6 Å². The average molecular weight is 388 g/mol. The Bertz CT molecular complexity index is 894. The van der Waals surface area contributed by atoms with Crippen LogP contribution in [-0.2, 0) is 4.74 Å². The van der Waals surface area contributed by atoms with Crippen molar-refractivity contribution in [1.82, 2.24) is 0 Å². The van der Waals surface area contributed by atoms with Gasteiger partial charge < -0.3 is 10.1 Å². The molecule has 0 fully saturated rings. The molecule has 1 N–H and O–H groups in total. The smallest absolute Gasteiger partial charge is 0.340 e. The molecular formula is C21H19Cl2NO2. The average Bonchev–Trinajstić information content (AvgIpc) is 3.13. The molecule has 4 rings (SSSR count). The van der Waals surface area contributed by atoms with Gasteiger partial charge in [-0.2, -0.15) is 0 Å². The van der Waals surface area contributed by atoms with E-state index in [0.29, 0.717) is 28.1 Å². The fraction of sp³-hybridized carbons (Fsp3) is 0.286. The van der Waals surface area contributed by atoms with Crippen LogP contribution in [0.1, 0.15) is 46.8 Å². The standard InChI is InChI=1S/C21H19Cl2NO2/c1-2-26-21(25)16-8-4-7-15-13-5-3-6-14(13)19(24-20(15)16)12-9-10-17(22)18(23)11-12/h3-5,7-11,13-14,19,24H,2,6H2,1H3/t13-,14+,19-/m1/s1. The molecule has 26 heavy (non-hydrogen) atoms. The normalized spacial score (nSPS) is 23.1. The van der Waals surface area contributed by atoms with E-state index in [2.05, 4.69) is 23.5 Å². The molecule has 2 aliphatic rings. The van der Waals surface area contributed by atoms with Crippen LogP contribution in [0.3, 0.4) is 0 Å². The molecule has 134 valence electrons. The van der Waals surface area contributed by atoms with E-state index in [-0.39, 0.29) is 17.9 Å². The first kappa shape index (κ1) is 17.4. The van der Waals surface area contributed by atoms with E-state index in [1.165, 1.54) is 0 Å². The van der Waals surface area contributed by atoms with E-state index in [0.717, 1.165) is 23.2 Å². The highest BCUT2D eigenvalue weighted by Crippen LogP contribution is 2.51. The molecule has 0 unspecified atom stereocenters. The van der Waals surface area contributed by atoms with Crippen molar-refractivity contribution in [3.63, 3.8) is 0 Å². The summed E-state index contributed by atoms with van der Waals surface area (Å²) in [5, 5.41) is 4.68. The number of halogens is 2. The summed E-state index contributed by atoms with van der Waals surface area (Å²) in [6.07, 6.45) is 5.43. The van der Waals surface area contributed by atoms with Crippen LogP contribution in [0, 0.1) is 5.92 Å². The molecular weight excluding hydrogens is 369 g/mol. The van der Waals surface area contributed by atoms with Crippen molar-refractivity contribution in [2.45, 2.75) is 25.3 Å². The zero-order valence-electron chi connectivity index (χ0n) is 14.3. The Kier molecular flexibility index (Phi) is 4.68. The van der Waals surface area contributed by atoms with Gasteiger partial charge in [0.1, 0.15) is 0 Å². The lowest BCUT2D eigenvalue weighted by Gasteiger charge is -2.38. The monoisotopic (exact) mass is 387 g/mol. The van der Waals surface area contributed by atoms with Gasteiger partial charge in [-0.05, 0) is 48.6 Å². The Hall–Kier alpha value is -1.97. The molecule has 0 amide bonds. The number of esters is 1. The molecule has 2 aromatic rings. The highest BCUT2D eigenvalue weighted by molar-refractivity contribution is 6.42. The van der Waals surface area contributed by atoms with Crippen LogP contribution < -0.4 is 5.32 Å². The number of allylic oxidation sites excluding steroid dienone is 2. The van der Waals surface area contributed by atoms with Crippen molar-refractivity contribution in [1.29, 1.82) is 0 Å². The van der Waals surface area contributed by atoms with Crippen molar-refractivity contribution in [3.8, 4) is 0 Å². The van der Waals surface area contributed by atoms with Crippen LogP contribution in [0.25, 0.3) is 0 Å². The predicted octanol–water partition coefficient (Wildman–Crippen LogP) is 6.00. The minimum Gasteiger partial charge on any atom is -0.462 e. The minimum atomic E-state index is -0.301. The van der Waals surface area contributed by atoms with Crippen molar-refractivity contribution in [2.24, 2.45) is 5.92 Å². The molecule has 1 heterocycles. The molecule has 1 aliphatic carbocycles. The Balaban J connectivity index is 1.80. The van der Waals surface area contributed by atoms with Crippen molar-refractivity contribution < 1.29 is 9.53 Å². The Morgan fingerprint density at radius 2 is 2.08 bits per heavy atom. The summed E-state index contributed by atoms with van der Waals surface area (Å²) in [6.45, 7) is 2.17. The summed E-state index contributed by atoms with van der Waals surface area (Å²) in [5.41, 5.74) is 3.65. The maximum atomic E-state index is 12.4. The molecule has 5 heteroatoms. The van der Waals surface area contributed by atoms with Crippen LogP contribution in [0.5, 0.6) is 0 Å². The van der Waals surface area contributed by atoms with E-state index in [9.17, 15) is 4.79 Å². The van der Waals surface area contributed by atoms with E-state index in [4.69, 9.17) is 27.9 Å². The SMILES string of the molecule is CCOC(=O)c1cccc2c1N[C@H](c1ccc(Cl)c(Cl)c1)[C@H]1CC=C[C@@H]21. The second-order valence-corrected chi connectivity index (χ2v) is 7.45. The van der Waals surface area contributed by atoms with Gasteiger partial charge in [0.05, 0.1) is 33.9 Å². The van der Waals surface area contributed by atoms with Crippen LogP contribution in [0.2, 0.25) is 10.0 Å². The highest BCUT2D eigenvalue weighted by Gasteiger charge is 2.39. The van der Waals surface area contributed by atoms with Gasteiger partial charge in [-0.15, -0.1) is 0 Å². The van der Waals surface area contributed by atoms with Crippen molar-refractivity contribution in [2.75, 3.05) is 11.9 Å². The highest BCUT2D eigenvalue weighted by atomic mass is 35.5. The van der Waals surface area contributed by atoms with Gasteiger partial charge in [-0.3, -0.25) is 0 Å². The van der Waals surface area contributed by atoms with E-state index < -0.39 is 0 Å².